The first-order chi connectivity index (χ1) is 6.36. The minimum Gasteiger partial charge on any atom is -0.493 e. The number of ether oxygens (including phenoxy) is 1. The molecule has 0 aromatic heterocycles. The fourth-order valence-corrected chi connectivity index (χ4v) is 0.988. The Bertz CT molecular complexity index is 248. The quantitative estimate of drug-likeness (QED) is 0.666. The Morgan fingerprint density at radius 2 is 2.08 bits per heavy atom. The number of aliphatic hydroxyl groups is 2. The Morgan fingerprint density at radius 1 is 1.23 bits per heavy atom. The molecule has 0 bridgehead atoms. The molecule has 0 aliphatic heterocycles. The fraction of sp³-hybridized carbons (Fsp3) is 0.400. The van der Waals surface area contributed by atoms with Crippen LogP contribution in [0.15, 0.2) is 24.3 Å². The Kier molecular flexibility index (Phi) is 4.29. The van der Waals surface area contributed by atoms with E-state index in [9.17, 15) is 0 Å². The van der Waals surface area contributed by atoms with Gasteiger partial charge in [0.25, 0.3) is 0 Å². The lowest BCUT2D eigenvalue weighted by Gasteiger charge is -2.05. The van der Waals surface area contributed by atoms with Crippen LogP contribution in [0.5, 0.6) is 5.75 Å². The second kappa shape index (κ2) is 5.56. The van der Waals surface area contributed by atoms with E-state index in [1.807, 2.05) is 18.2 Å². The molecule has 3 nitrogen and oxygen atoms in total. The summed E-state index contributed by atoms with van der Waals surface area (Å²) in [5.41, 5.74) is 0.835. The van der Waals surface area contributed by atoms with E-state index in [0.29, 0.717) is 13.0 Å². The summed E-state index contributed by atoms with van der Waals surface area (Å²) in [6.07, 6.45) is 0.628. The van der Waals surface area contributed by atoms with Crippen LogP contribution in [0, 0.1) is 0 Å². The van der Waals surface area contributed by atoms with Gasteiger partial charge in [0.15, 0.2) is 0 Å². The minimum atomic E-state index is 0.0250. The van der Waals surface area contributed by atoms with E-state index in [1.54, 1.807) is 6.07 Å². The van der Waals surface area contributed by atoms with Crippen LogP contribution < -0.4 is 4.74 Å². The monoisotopic (exact) mass is 182 g/mol. The number of aliphatic hydroxyl groups excluding tert-OH is 2. The number of hydrogen-bond acceptors (Lipinski definition) is 3. The van der Waals surface area contributed by atoms with Gasteiger partial charge in [-0.2, -0.15) is 0 Å². The van der Waals surface area contributed by atoms with Crippen molar-refractivity contribution in [3.05, 3.63) is 29.8 Å². The average Bonchev–Trinajstić information content (AvgIpc) is 2.19. The van der Waals surface area contributed by atoms with Crippen molar-refractivity contribution in [1.82, 2.24) is 0 Å². The number of benzene rings is 1. The van der Waals surface area contributed by atoms with E-state index in [1.165, 1.54) is 0 Å². The molecule has 0 amide bonds. The first-order valence-corrected chi connectivity index (χ1v) is 4.30. The standard InChI is InChI=1S/C10H14O3/c11-5-2-6-13-10-4-1-3-9(7-10)8-12/h1,3-4,7,11-12H,2,5-6,8H2. The van der Waals surface area contributed by atoms with Crippen LogP contribution in [-0.4, -0.2) is 23.4 Å². The third-order valence-electron chi connectivity index (χ3n) is 1.65. The highest BCUT2D eigenvalue weighted by Gasteiger charge is 1.94. The predicted octanol–water partition coefficient (Wildman–Crippen LogP) is 0.940. The first kappa shape index (κ1) is 10.0. The van der Waals surface area contributed by atoms with E-state index < -0.39 is 0 Å². The van der Waals surface area contributed by atoms with Gasteiger partial charge in [-0.25, -0.2) is 0 Å². The van der Waals surface area contributed by atoms with E-state index in [0.717, 1.165) is 11.3 Å². The topological polar surface area (TPSA) is 49.7 Å². The Morgan fingerprint density at radius 3 is 2.77 bits per heavy atom. The molecule has 0 aliphatic carbocycles. The molecule has 0 unspecified atom stereocenters. The predicted molar refractivity (Wildman–Crippen MR) is 49.6 cm³/mol. The molecule has 0 spiro atoms. The van der Waals surface area contributed by atoms with Crippen LogP contribution in [0.25, 0.3) is 0 Å². The number of rotatable bonds is 5. The molecule has 2 N–H and O–H groups in total. The van der Waals surface area contributed by atoms with Crippen molar-refractivity contribution < 1.29 is 14.9 Å². The molecule has 72 valence electrons. The van der Waals surface area contributed by atoms with Gasteiger partial charge >= 0.3 is 0 Å². The van der Waals surface area contributed by atoms with E-state index in [2.05, 4.69) is 0 Å². The van der Waals surface area contributed by atoms with Crippen molar-refractivity contribution >= 4 is 0 Å². The Hall–Kier alpha value is -1.06. The average molecular weight is 182 g/mol. The van der Waals surface area contributed by atoms with Crippen LogP contribution in [0.4, 0.5) is 0 Å². The summed E-state index contributed by atoms with van der Waals surface area (Å²) in [6.45, 7) is 0.669. The van der Waals surface area contributed by atoms with Crippen molar-refractivity contribution in [1.29, 1.82) is 0 Å². The summed E-state index contributed by atoms with van der Waals surface area (Å²) >= 11 is 0. The molecular formula is C10H14O3. The molecule has 1 aromatic carbocycles. The Balaban J connectivity index is 2.46. The summed E-state index contributed by atoms with van der Waals surface area (Å²) in [5, 5.41) is 17.4. The van der Waals surface area contributed by atoms with Crippen molar-refractivity contribution in [3.63, 3.8) is 0 Å². The highest BCUT2D eigenvalue weighted by molar-refractivity contribution is 5.27. The molecule has 0 aliphatic rings. The lowest BCUT2D eigenvalue weighted by atomic mass is 10.2. The van der Waals surface area contributed by atoms with Gasteiger partial charge < -0.3 is 14.9 Å². The third kappa shape index (κ3) is 3.44. The Labute approximate surface area is 77.6 Å². The maximum absolute atomic E-state index is 8.84. The zero-order valence-electron chi connectivity index (χ0n) is 7.44. The van der Waals surface area contributed by atoms with Crippen LogP contribution in [0.1, 0.15) is 12.0 Å². The molecule has 0 heterocycles. The van der Waals surface area contributed by atoms with Gasteiger partial charge in [-0.1, -0.05) is 12.1 Å². The van der Waals surface area contributed by atoms with Gasteiger partial charge in [0.05, 0.1) is 13.2 Å². The smallest absolute Gasteiger partial charge is 0.119 e. The molecule has 1 rings (SSSR count). The SMILES string of the molecule is OCCCOc1cccc(CO)c1. The van der Waals surface area contributed by atoms with Crippen molar-refractivity contribution in [2.24, 2.45) is 0 Å². The summed E-state index contributed by atoms with van der Waals surface area (Å²) in [7, 11) is 0. The lowest BCUT2D eigenvalue weighted by Crippen LogP contribution is -1.99. The molecule has 0 saturated heterocycles. The lowest BCUT2D eigenvalue weighted by molar-refractivity contribution is 0.233. The summed E-state index contributed by atoms with van der Waals surface area (Å²) in [4.78, 5) is 0. The highest BCUT2D eigenvalue weighted by atomic mass is 16.5. The van der Waals surface area contributed by atoms with Crippen LogP contribution in [0.3, 0.4) is 0 Å². The van der Waals surface area contributed by atoms with Crippen LogP contribution in [-0.2, 0) is 6.61 Å². The van der Waals surface area contributed by atoms with Gasteiger partial charge in [0.1, 0.15) is 5.75 Å². The van der Waals surface area contributed by atoms with Gasteiger partial charge in [0, 0.05) is 13.0 Å². The van der Waals surface area contributed by atoms with E-state index in [4.69, 9.17) is 14.9 Å². The molecule has 0 saturated carbocycles. The zero-order chi connectivity index (χ0) is 9.52. The molecule has 13 heavy (non-hydrogen) atoms. The molecule has 0 fully saturated rings. The van der Waals surface area contributed by atoms with E-state index in [-0.39, 0.29) is 13.2 Å². The summed E-state index contributed by atoms with van der Waals surface area (Å²) < 4.78 is 5.32. The maximum atomic E-state index is 8.84. The molecule has 0 radical (unpaired) electrons. The minimum absolute atomic E-state index is 0.0250. The van der Waals surface area contributed by atoms with Gasteiger partial charge in [-0.05, 0) is 17.7 Å². The van der Waals surface area contributed by atoms with Crippen LogP contribution >= 0.6 is 0 Å². The highest BCUT2D eigenvalue weighted by Crippen LogP contribution is 2.13. The van der Waals surface area contributed by atoms with Crippen molar-refractivity contribution in [3.8, 4) is 5.75 Å². The largest absolute Gasteiger partial charge is 0.493 e. The van der Waals surface area contributed by atoms with Crippen LogP contribution in [0.2, 0.25) is 0 Å². The molecule has 3 heteroatoms. The van der Waals surface area contributed by atoms with Crippen molar-refractivity contribution in [2.75, 3.05) is 13.2 Å². The maximum Gasteiger partial charge on any atom is 0.119 e. The van der Waals surface area contributed by atoms with Crippen molar-refractivity contribution in [2.45, 2.75) is 13.0 Å². The van der Waals surface area contributed by atoms with E-state index >= 15 is 0 Å². The second-order valence-electron chi connectivity index (χ2n) is 2.73. The molecule has 0 atom stereocenters. The second-order valence-corrected chi connectivity index (χ2v) is 2.73. The normalized spacial score (nSPS) is 10.0. The first-order valence-electron chi connectivity index (χ1n) is 4.30. The third-order valence-corrected chi connectivity index (χ3v) is 1.65. The van der Waals surface area contributed by atoms with Gasteiger partial charge in [-0.15, -0.1) is 0 Å². The van der Waals surface area contributed by atoms with Gasteiger partial charge in [-0.3, -0.25) is 0 Å². The fourth-order valence-electron chi connectivity index (χ4n) is 0.988. The zero-order valence-corrected chi connectivity index (χ0v) is 7.44. The summed E-state index contributed by atoms with van der Waals surface area (Å²) in [5.74, 6) is 0.736. The molecular weight excluding hydrogens is 168 g/mol. The molecule has 1 aromatic rings. The summed E-state index contributed by atoms with van der Waals surface area (Å²) in [6, 6.07) is 7.28. The van der Waals surface area contributed by atoms with Gasteiger partial charge in [0.2, 0.25) is 0 Å². The number of hydrogen-bond donors (Lipinski definition) is 2.